The zero-order valence-corrected chi connectivity index (χ0v) is 10.6. The molecule has 1 aromatic heterocycles. The number of rotatable bonds is 6. The van der Waals surface area contributed by atoms with Crippen LogP contribution in [0.3, 0.4) is 0 Å². The molecule has 5 nitrogen and oxygen atoms in total. The van der Waals surface area contributed by atoms with E-state index in [-0.39, 0.29) is 31.1 Å². The molecule has 0 aliphatic heterocycles. The number of hydrogen-bond donors (Lipinski definition) is 0. The molecule has 0 N–H and O–H groups in total. The topological polar surface area (TPSA) is 65.5 Å². The smallest absolute Gasteiger partial charge is 0.302 e. The molecule has 0 fully saturated rings. The lowest BCUT2D eigenvalue weighted by Gasteiger charge is -2.15. The van der Waals surface area contributed by atoms with Gasteiger partial charge in [0.25, 0.3) is 0 Å². The lowest BCUT2D eigenvalue weighted by atomic mass is 10.1. The molecule has 0 aliphatic carbocycles. The molecule has 1 radical (unpaired) electrons. The van der Waals surface area contributed by atoms with Crippen molar-refractivity contribution in [3.05, 3.63) is 16.6 Å². The Balaban J connectivity index is 2.45. The van der Waals surface area contributed by atoms with E-state index in [1.54, 1.807) is 0 Å². The summed E-state index contributed by atoms with van der Waals surface area (Å²) in [5, 5.41) is 1.87. The van der Waals surface area contributed by atoms with E-state index in [1.807, 2.05) is 5.38 Å². The first kappa shape index (κ1) is 13.6. The van der Waals surface area contributed by atoms with Gasteiger partial charge in [-0.25, -0.2) is 4.98 Å². The van der Waals surface area contributed by atoms with Crippen LogP contribution >= 0.6 is 11.3 Å². The lowest BCUT2D eigenvalue weighted by molar-refractivity contribution is -0.146. The highest BCUT2D eigenvalue weighted by Crippen LogP contribution is 2.10. The van der Waals surface area contributed by atoms with Gasteiger partial charge in [0.15, 0.2) is 5.51 Å². The largest absolute Gasteiger partial charge is 0.465 e. The van der Waals surface area contributed by atoms with Crippen LogP contribution in [0.5, 0.6) is 0 Å². The number of thiazole rings is 1. The number of ether oxygens (including phenoxy) is 2. The van der Waals surface area contributed by atoms with Gasteiger partial charge in [-0.05, 0) is 6.42 Å². The minimum atomic E-state index is -0.345. The van der Waals surface area contributed by atoms with Gasteiger partial charge in [0.05, 0.1) is 18.9 Å². The summed E-state index contributed by atoms with van der Waals surface area (Å²) in [6.45, 7) is 3.14. The summed E-state index contributed by atoms with van der Waals surface area (Å²) >= 11 is 1.38. The molecule has 0 spiro atoms. The monoisotopic (exact) mass is 256 g/mol. The van der Waals surface area contributed by atoms with Crippen molar-refractivity contribution in [2.75, 3.05) is 13.2 Å². The molecule has 0 saturated carbocycles. The van der Waals surface area contributed by atoms with Crippen LogP contribution in [0.4, 0.5) is 0 Å². The SMILES string of the molecule is CC(=O)OCC(COC(C)=O)Cc1cs[c]n1. The van der Waals surface area contributed by atoms with Gasteiger partial charge in [-0.2, -0.15) is 0 Å². The van der Waals surface area contributed by atoms with Crippen LogP contribution in [0.25, 0.3) is 0 Å². The predicted molar refractivity (Wildman–Crippen MR) is 61.4 cm³/mol. The summed E-state index contributed by atoms with van der Waals surface area (Å²) in [5.74, 6) is -0.761. The van der Waals surface area contributed by atoms with Gasteiger partial charge in [-0.15, -0.1) is 11.3 Å². The van der Waals surface area contributed by atoms with E-state index in [2.05, 4.69) is 10.5 Å². The lowest BCUT2D eigenvalue weighted by Crippen LogP contribution is -2.21. The van der Waals surface area contributed by atoms with Crippen molar-refractivity contribution in [1.82, 2.24) is 4.98 Å². The second kappa shape index (κ2) is 7.01. The first-order chi connectivity index (χ1) is 8.08. The highest BCUT2D eigenvalue weighted by Gasteiger charge is 2.14. The highest BCUT2D eigenvalue weighted by atomic mass is 32.1. The normalized spacial score (nSPS) is 10.3. The highest BCUT2D eigenvalue weighted by molar-refractivity contribution is 7.07. The van der Waals surface area contributed by atoms with Gasteiger partial charge in [-0.3, -0.25) is 9.59 Å². The van der Waals surface area contributed by atoms with Crippen LogP contribution in [0.15, 0.2) is 5.38 Å². The maximum atomic E-state index is 10.7. The van der Waals surface area contributed by atoms with Crippen LogP contribution in [-0.4, -0.2) is 30.1 Å². The fraction of sp³-hybridized carbons (Fsp3) is 0.545. The predicted octanol–water partition coefficient (Wildman–Crippen LogP) is 1.23. The molecule has 0 bridgehead atoms. The van der Waals surface area contributed by atoms with Gasteiger partial charge in [0.2, 0.25) is 0 Å². The van der Waals surface area contributed by atoms with Crippen molar-refractivity contribution in [2.24, 2.45) is 5.92 Å². The average Bonchev–Trinajstić information content (AvgIpc) is 2.74. The first-order valence-electron chi connectivity index (χ1n) is 5.15. The third-order valence-electron chi connectivity index (χ3n) is 1.98. The van der Waals surface area contributed by atoms with Gasteiger partial charge in [0, 0.05) is 25.1 Å². The summed E-state index contributed by atoms with van der Waals surface area (Å²) in [4.78, 5) is 25.5. The molecule has 6 heteroatoms. The third-order valence-corrected chi connectivity index (χ3v) is 2.57. The van der Waals surface area contributed by atoms with Crippen LogP contribution in [-0.2, 0) is 25.5 Å². The fourth-order valence-electron chi connectivity index (χ4n) is 1.23. The number of esters is 2. The molecule has 93 valence electrons. The molecule has 0 amide bonds. The van der Waals surface area contributed by atoms with E-state index in [9.17, 15) is 9.59 Å². The van der Waals surface area contributed by atoms with Crippen molar-refractivity contribution in [3.8, 4) is 0 Å². The van der Waals surface area contributed by atoms with Crippen molar-refractivity contribution in [2.45, 2.75) is 20.3 Å². The molecule has 0 unspecified atom stereocenters. The Hall–Kier alpha value is -1.43. The molecular weight excluding hydrogens is 242 g/mol. The Kier molecular flexibility index (Phi) is 5.62. The molecule has 0 saturated heterocycles. The second-order valence-corrected chi connectivity index (χ2v) is 4.26. The van der Waals surface area contributed by atoms with Crippen molar-refractivity contribution >= 4 is 23.3 Å². The molecule has 1 rings (SSSR count). The summed E-state index contributed by atoms with van der Waals surface area (Å²) < 4.78 is 9.84. The van der Waals surface area contributed by atoms with Crippen LogP contribution in [0.2, 0.25) is 0 Å². The zero-order valence-electron chi connectivity index (χ0n) is 9.76. The van der Waals surface area contributed by atoms with Gasteiger partial charge in [-0.1, -0.05) is 0 Å². The second-order valence-electron chi connectivity index (χ2n) is 3.61. The fourth-order valence-corrected chi connectivity index (χ4v) is 1.74. The molecule has 17 heavy (non-hydrogen) atoms. The van der Waals surface area contributed by atoms with Gasteiger partial charge >= 0.3 is 11.9 Å². The quantitative estimate of drug-likeness (QED) is 0.716. The summed E-state index contributed by atoms with van der Waals surface area (Å²) in [6, 6.07) is 0. The van der Waals surface area contributed by atoms with E-state index in [0.29, 0.717) is 6.42 Å². The first-order valence-corrected chi connectivity index (χ1v) is 6.03. The number of carbonyl (C=O) groups excluding carboxylic acids is 2. The van der Waals surface area contributed by atoms with Crippen molar-refractivity contribution < 1.29 is 19.1 Å². The summed E-state index contributed by atoms with van der Waals surface area (Å²) in [6.07, 6.45) is 0.598. The number of carbonyl (C=O) groups is 2. The van der Waals surface area contributed by atoms with Crippen LogP contribution in [0.1, 0.15) is 19.5 Å². The number of nitrogens with zero attached hydrogens (tertiary/aromatic N) is 1. The molecule has 1 heterocycles. The molecular formula is C11H14NO4S. The third kappa shape index (κ3) is 6.01. The zero-order chi connectivity index (χ0) is 12.7. The minimum Gasteiger partial charge on any atom is -0.465 e. The van der Waals surface area contributed by atoms with E-state index >= 15 is 0 Å². The molecule has 0 atom stereocenters. The van der Waals surface area contributed by atoms with Crippen molar-refractivity contribution in [1.29, 1.82) is 0 Å². The van der Waals surface area contributed by atoms with Crippen molar-refractivity contribution in [3.63, 3.8) is 0 Å². The van der Waals surface area contributed by atoms with Crippen LogP contribution < -0.4 is 0 Å². The maximum absolute atomic E-state index is 10.7. The van der Waals surface area contributed by atoms with E-state index in [4.69, 9.17) is 9.47 Å². The molecule has 1 aromatic rings. The Labute approximate surface area is 104 Å². The van der Waals surface area contributed by atoms with E-state index in [0.717, 1.165) is 5.69 Å². The van der Waals surface area contributed by atoms with Gasteiger partial charge < -0.3 is 9.47 Å². The standard InChI is InChI=1S/C11H14NO4S/c1-8(13)15-4-10(5-16-9(2)14)3-11-6-17-7-12-11/h6,10H,3-5H2,1-2H3. The Morgan fingerprint density at radius 2 is 1.94 bits per heavy atom. The molecule has 0 aromatic carbocycles. The summed E-state index contributed by atoms with van der Waals surface area (Å²) in [7, 11) is 0. The molecule has 0 aliphatic rings. The number of hydrogen-bond acceptors (Lipinski definition) is 6. The number of aromatic nitrogens is 1. The van der Waals surface area contributed by atoms with Crippen LogP contribution in [0, 0.1) is 11.4 Å². The Bertz CT molecular complexity index is 346. The Morgan fingerprint density at radius 3 is 2.35 bits per heavy atom. The van der Waals surface area contributed by atoms with E-state index < -0.39 is 0 Å². The Morgan fingerprint density at radius 1 is 1.35 bits per heavy atom. The van der Waals surface area contributed by atoms with E-state index in [1.165, 1.54) is 25.2 Å². The minimum absolute atomic E-state index is 0.0710. The maximum Gasteiger partial charge on any atom is 0.302 e. The van der Waals surface area contributed by atoms with Gasteiger partial charge in [0.1, 0.15) is 0 Å². The average molecular weight is 256 g/mol. The summed E-state index contributed by atoms with van der Waals surface area (Å²) in [5.41, 5.74) is 3.60.